The minimum atomic E-state index is 0.129. The summed E-state index contributed by atoms with van der Waals surface area (Å²) in [6, 6.07) is 0. The molecule has 0 fully saturated rings. The van der Waals surface area contributed by atoms with E-state index in [9.17, 15) is 4.79 Å². The second-order valence-electron chi connectivity index (χ2n) is 1.95. The fourth-order valence-electron chi connectivity index (χ4n) is 0.572. The normalized spacial score (nSPS) is 11.6. The molecule has 2 nitrogen and oxygen atoms in total. The lowest BCUT2D eigenvalue weighted by molar-refractivity contribution is -0.115. The van der Waals surface area contributed by atoms with Gasteiger partial charge >= 0.3 is 0 Å². The van der Waals surface area contributed by atoms with Gasteiger partial charge in [0.15, 0.2) is 0 Å². The van der Waals surface area contributed by atoms with Gasteiger partial charge in [0.25, 0.3) is 0 Å². The average molecular weight is 123 g/mol. The molecule has 0 aliphatic rings. The summed E-state index contributed by atoms with van der Waals surface area (Å²) < 4.78 is 0. The Morgan fingerprint density at radius 1 is 1.56 bits per heavy atom. The molecule has 0 bridgehead atoms. The van der Waals surface area contributed by atoms with Gasteiger partial charge in [-0.3, -0.25) is 4.79 Å². The molecule has 0 heterocycles. The zero-order valence-corrected chi connectivity index (χ0v) is 5.85. The van der Waals surface area contributed by atoms with E-state index in [2.05, 4.69) is 4.99 Å². The molecule has 0 aromatic rings. The molecule has 2 radical (unpaired) electrons. The lowest BCUT2D eigenvalue weighted by atomic mass is 10.1. The van der Waals surface area contributed by atoms with Crippen LogP contribution in [0.2, 0.25) is 0 Å². The van der Waals surface area contributed by atoms with Crippen molar-refractivity contribution in [1.82, 2.24) is 0 Å². The highest BCUT2D eigenvalue weighted by Crippen LogP contribution is 1.86. The summed E-state index contributed by atoms with van der Waals surface area (Å²) in [6.45, 7) is 3.34. The van der Waals surface area contributed by atoms with Crippen molar-refractivity contribution in [3.8, 4) is 0 Å². The number of Topliss-reactive ketones (excluding diaryl/α,β-unsaturated/α-hetero) is 1. The van der Waals surface area contributed by atoms with E-state index in [1.165, 1.54) is 6.92 Å². The maximum absolute atomic E-state index is 10.4. The Morgan fingerprint density at radius 2 is 2.11 bits per heavy atom. The predicted octanol–water partition coefficient (Wildman–Crippen LogP) is 0.552. The predicted molar refractivity (Wildman–Crippen MR) is 39.0 cm³/mol. The molecule has 0 aliphatic heterocycles. The molecule has 0 amide bonds. The molecular formula is C6H10BNO. The Labute approximate surface area is 56.8 Å². The van der Waals surface area contributed by atoms with Crippen molar-refractivity contribution in [2.75, 3.05) is 6.44 Å². The third-order valence-corrected chi connectivity index (χ3v) is 0.866. The van der Waals surface area contributed by atoms with E-state index >= 15 is 0 Å². The Bertz CT molecular complexity index is 131. The first-order chi connectivity index (χ1) is 4.16. The molecule has 9 heavy (non-hydrogen) atoms. The van der Waals surface area contributed by atoms with Crippen LogP contribution in [0.3, 0.4) is 0 Å². The van der Waals surface area contributed by atoms with Crippen LogP contribution in [0.1, 0.15) is 20.3 Å². The number of carbonyl (C=O) groups is 1. The SMILES string of the molecule is [B]CN=C(C)CC(C)=O. The van der Waals surface area contributed by atoms with Crippen LogP contribution in [-0.2, 0) is 4.79 Å². The molecule has 3 heteroatoms. The fraction of sp³-hybridized carbons (Fsp3) is 0.667. The van der Waals surface area contributed by atoms with Gasteiger partial charge in [0, 0.05) is 12.1 Å². The van der Waals surface area contributed by atoms with Gasteiger partial charge in [-0.15, -0.1) is 0 Å². The number of hydrogen-bond donors (Lipinski definition) is 0. The minimum absolute atomic E-state index is 0.129. The molecule has 0 spiro atoms. The molecule has 48 valence electrons. The van der Waals surface area contributed by atoms with E-state index in [0.29, 0.717) is 6.42 Å². The Hall–Kier alpha value is -0.595. The standard InChI is InChI=1S/C6H10BNO/c1-5(8-4-7)3-6(2)9/h3-4H2,1-2H3. The monoisotopic (exact) mass is 123 g/mol. The topological polar surface area (TPSA) is 29.4 Å². The second kappa shape index (κ2) is 4.30. The molecule has 0 rings (SSSR count). The molecule has 0 aromatic carbocycles. The number of ketones is 1. The van der Waals surface area contributed by atoms with Gasteiger partial charge in [-0.1, -0.05) is 0 Å². The first-order valence-corrected chi connectivity index (χ1v) is 2.86. The van der Waals surface area contributed by atoms with Crippen molar-refractivity contribution in [3.05, 3.63) is 0 Å². The van der Waals surface area contributed by atoms with Crippen molar-refractivity contribution in [2.45, 2.75) is 20.3 Å². The zero-order chi connectivity index (χ0) is 7.28. The number of carbonyl (C=O) groups excluding carboxylic acids is 1. The van der Waals surface area contributed by atoms with Gasteiger partial charge in [-0.25, -0.2) is 0 Å². The molecule has 0 aromatic heterocycles. The molecule has 0 aliphatic carbocycles. The molecule has 0 atom stereocenters. The van der Waals surface area contributed by atoms with Crippen LogP contribution < -0.4 is 0 Å². The second-order valence-corrected chi connectivity index (χ2v) is 1.95. The summed E-state index contributed by atoms with van der Waals surface area (Å²) in [4.78, 5) is 14.2. The molecule has 0 saturated heterocycles. The largest absolute Gasteiger partial charge is 0.304 e. The van der Waals surface area contributed by atoms with E-state index < -0.39 is 0 Å². The van der Waals surface area contributed by atoms with Crippen LogP contribution in [0.5, 0.6) is 0 Å². The highest BCUT2D eigenvalue weighted by molar-refractivity contribution is 6.10. The van der Waals surface area contributed by atoms with Crippen LogP contribution in [0.4, 0.5) is 0 Å². The lowest BCUT2D eigenvalue weighted by Crippen LogP contribution is -2.00. The Morgan fingerprint density at radius 3 is 2.44 bits per heavy atom. The van der Waals surface area contributed by atoms with Gasteiger partial charge in [-0.2, -0.15) is 0 Å². The van der Waals surface area contributed by atoms with Crippen LogP contribution in [-0.4, -0.2) is 25.8 Å². The summed E-state index contributed by atoms with van der Waals surface area (Å²) >= 11 is 0. The number of hydrogen-bond acceptors (Lipinski definition) is 2. The number of rotatable bonds is 3. The number of nitrogens with zero attached hydrogens (tertiary/aromatic N) is 1. The van der Waals surface area contributed by atoms with Crippen molar-refractivity contribution >= 4 is 19.3 Å². The summed E-state index contributed by atoms with van der Waals surface area (Å²) in [6.07, 6.45) is 0.705. The maximum Gasteiger partial charge on any atom is 0.135 e. The van der Waals surface area contributed by atoms with Crippen molar-refractivity contribution in [3.63, 3.8) is 0 Å². The van der Waals surface area contributed by atoms with Gasteiger partial charge in [0.05, 0.1) is 7.85 Å². The minimum Gasteiger partial charge on any atom is -0.304 e. The molecule has 0 N–H and O–H groups in total. The summed E-state index contributed by atoms with van der Waals surface area (Å²) in [5.74, 6) is 0.129. The highest BCUT2D eigenvalue weighted by Gasteiger charge is 1.93. The first kappa shape index (κ1) is 8.40. The van der Waals surface area contributed by atoms with Gasteiger partial charge < -0.3 is 4.99 Å². The number of aliphatic imine (C=N–C) groups is 1. The Kier molecular flexibility index (Phi) is 4.02. The Balaban J connectivity index is 3.62. The smallest absolute Gasteiger partial charge is 0.135 e. The third kappa shape index (κ3) is 5.27. The van der Waals surface area contributed by atoms with E-state index in [1.807, 2.05) is 0 Å². The van der Waals surface area contributed by atoms with Crippen molar-refractivity contribution in [1.29, 1.82) is 0 Å². The summed E-state index contributed by atoms with van der Waals surface area (Å²) in [5, 5.41) is 0. The highest BCUT2D eigenvalue weighted by atomic mass is 16.1. The van der Waals surface area contributed by atoms with Crippen LogP contribution in [0.25, 0.3) is 0 Å². The average Bonchev–Trinajstić information content (AvgIpc) is 1.63. The van der Waals surface area contributed by atoms with Crippen molar-refractivity contribution in [2.24, 2.45) is 4.99 Å². The van der Waals surface area contributed by atoms with E-state index in [0.717, 1.165) is 5.71 Å². The molecule has 0 unspecified atom stereocenters. The van der Waals surface area contributed by atoms with Gasteiger partial charge in [0.1, 0.15) is 5.78 Å². The summed E-state index contributed by atoms with van der Waals surface area (Å²) in [5.41, 5.74) is 0.810. The molecule has 0 saturated carbocycles. The lowest BCUT2D eigenvalue weighted by Gasteiger charge is -1.92. The van der Waals surface area contributed by atoms with Crippen LogP contribution in [0.15, 0.2) is 4.99 Å². The van der Waals surface area contributed by atoms with Gasteiger partial charge in [-0.05, 0) is 20.3 Å². The van der Waals surface area contributed by atoms with E-state index in [4.69, 9.17) is 7.85 Å². The van der Waals surface area contributed by atoms with E-state index in [-0.39, 0.29) is 12.2 Å². The third-order valence-electron chi connectivity index (χ3n) is 0.866. The van der Waals surface area contributed by atoms with Crippen LogP contribution in [0, 0.1) is 0 Å². The summed E-state index contributed by atoms with van der Waals surface area (Å²) in [7, 11) is 5.11. The maximum atomic E-state index is 10.4. The van der Waals surface area contributed by atoms with Crippen molar-refractivity contribution < 1.29 is 4.79 Å². The zero-order valence-electron chi connectivity index (χ0n) is 5.85. The quantitative estimate of drug-likeness (QED) is 0.398. The first-order valence-electron chi connectivity index (χ1n) is 2.86. The van der Waals surface area contributed by atoms with E-state index in [1.54, 1.807) is 6.92 Å². The fourth-order valence-corrected chi connectivity index (χ4v) is 0.572. The van der Waals surface area contributed by atoms with Crippen LogP contribution >= 0.6 is 0 Å². The molecular weight excluding hydrogens is 113 g/mol. The van der Waals surface area contributed by atoms with Gasteiger partial charge in [0.2, 0.25) is 0 Å².